The van der Waals surface area contributed by atoms with Gasteiger partial charge in [-0.05, 0) is 39.4 Å². The zero-order valence-corrected chi connectivity index (χ0v) is 18.5. The third kappa shape index (κ3) is 11.7. The van der Waals surface area contributed by atoms with E-state index in [1.807, 2.05) is 34.6 Å². The molecule has 0 unspecified atom stereocenters. The number of hydrogen-bond donors (Lipinski definition) is 1. The van der Waals surface area contributed by atoms with E-state index in [4.69, 9.17) is 12.2 Å². The van der Waals surface area contributed by atoms with Crippen LogP contribution in [0.15, 0.2) is 4.79 Å². The summed E-state index contributed by atoms with van der Waals surface area (Å²) in [6.07, 6.45) is 4.35. The van der Waals surface area contributed by atoms with Crippen LogP contribution in [0.3, 0.4) is 0 Å². The highest BCUT2D eigenvalue weighted by Crippen LogP contribution is 2.16. The van der Waals surface area contributed by atoms with Gasteiger partial charge in [-0.3, -0.25) is 4.79 Å². The maximum absolute atomic E-state index is 11.5. The largest absolute Gasteiger partial charge is 0.382 e. The third-order valence-corrected chi connectivity index (χ3v) is 3.60. The molecule has 144 valence electrons. The Labute approximate surface area is 156 Å². The molecule has 0 aliphatic heterocycles. The lowest BCUT2D eigenvalue weighted by molar-refractivity contribution is 0.345. The number of hydrogen-bond acceptors (Lipinski definition) is 4. The first-order valence-electron chi connectivity index (χ1n) is 9.77. The average Bonchev–Trinajstić information content (AvgIpc) is 2.63. The summed E-state index contributed by atoms with van der Waals surface area (Å²) in [5.74, 6) is 0. The van der Waals surface area contributed by atoms with Crippen molar-refractivity contribution in [1.29, 1.82) is 0 Å². The smallest absolute Gasteiger partial charge is 0.220 e. The van der Waals surface area contributed by atoms with E-state index >= 15 is 0 Å². The molecule has 0 aliphatic rings. The van der Waals surface area contributed by atoms with Crippen molar-refractivity contribution < 1.29 is 0 Å². The highest BCUT2D eigenvalue weighted by molar-refractivity contribution is 7.71. The first-order valence-corrected chi connectivity index (χ1v) is 10.2. The van der Waals surface area contributed by atoms with Crippen LogP contribution in [-0.4, -0.2) is 31.6 Å². The van der Waals surface area contributed by atoms with Crippen molar-refractivity contribution in [1.82, 2.24) is 4.90 Å². The number of rotatable bonds is 8. The molecule has 0 spiro atoms. The molecule has 1 aromatic carbocycles. The Balaban J connectivity index is -0.000000549. The van der Waals surface area contributed by atoms with Crippen molar-refractivity contribution in [3.05, 3.63) is 20.3 Å². The molecule has 0 heterocycles. The first-order chi connectivity index (χ1) is 11.5. The molecule has 0 saturated carbocycles. The van der Waals surface area contributed by atoms with Gasteiger partial charge in [-0.1, -0.05) is 74.0 Å². The van der Waals surface area contributed by atoms with Crippen LogP contribution in [0.4, 0.5) is 5.69 Å². The lowest BCUT2D eigenvalue weighted by Gasteiger charge is -2.15. The maximum Gasteiger partial charge on any atom is 0.220 e. The Bertz CT molecular complexity index is 437. The molecule has 0 saturated heterocycles. The summed E-state index contributed by atoms with van der Waals surface area (Å²) >= 11 is 5.00. The second kappa shape index (κ2) is 20.3. The lowest BCUT2D eigenvalue weighted by atomic mass is 10.1. The highest BCUT2D eigenvalue weighted by Gasteiger charge is 2.14. The molecule has 24 heavy (non-hydrogen) atoms. The zero-order valence-electron chi connectivity index (χ0n) is 17.7. The summed E-state index contributed by atoms with van der Waals surface area (Å²) in [7, 11) is 2.12. The van der Waals surface area contributed by atoms with Gasteiger partial charge in [-0.2, -0.15) is 0 Å². The fourth-order valence-corrected chi connectivity index (χ4v) is 2.19. The fourth-order valence-electron chi connectivity index (χ4n) is 1.84. The molecule has 0 aromatic heterocycles. The standard InChI is InChI=1S/C13H22N2OS.C3H8.2C2H6/c1-4-10-11(12(16)13(10)17)14-8-6-7-9-15(3)5-2;1-3-2;2*1-2/h14H,4-9H2,1-3H3;3H2,1-2H3;2*1-2H3. The van der Waals surface area contributed by atoms with Crippen LogP contribution in [0.5, 0.6) is 0 Å². The summed E-state index contributed by atoms with van der Waals surface area (Å²) in [6, 6.07) is 0. The Kier molecular flexibility index (Phi) is 23.8. The molecule has 1 rings (SSSR count). The van der Waals surface area contributed by atoms with Crippen molar-refractivity contribution in [2.75, 3.05) is 32.0 Å². The molecular formula is C20H42N2OS. The number of anilines is 1. The van der Waals surface area contributed by atoms with E-state index in [1.54, 1.807) is 0 Å². The average molecular weight is 359 g/mol. The number of nitrogens with zero attached hydrogens (tertiary/aromatic N) is 1. The monoisotopic (exact) mass is 358 g/mol. The Hall–Kier alpha value is -0.740. The minimum atomic E-state index is 0.0301. The lowest BCUT2D eigenvalue weighted by Crippen LogP contribution is -2.23. The van der Waals surface area contributed by atoms with Crippen molar-refractivity contribution in [3.8, 4) is 0 Å². The van der Waals surface area contributed by atoms with Crippen LogP contribution >= 0.6 is 12.2 Å². The van der Waals surface area contributed by atoms with Gasteiger partial charge < -0.3 is 10.2 Å². The van der Waals surface area contributed by atoms with E-state index in [-0.39, 0.29) is 5.43 Å². The van der Waals surface area contributed by atoms with Gasteiger partial charge in [0.05, 0.1) is 10.2 Å². The predicted molar refractivity (Wildman–Crippen MR) is 115 cm³/mol. The molecule has 0 atom stereocenters. The molecular weight excluding hydrogens is 316 g/mol. The third-order valence-electron chi connectivity index (χ3n) is 3.17. The van der Waals surface area contributed by atoms with Gasteiger partial charge in [0.1, 0.15) is 0 Å². The van der Waals surface area contributed by atoms with E-state index in [2.05, 4.69) is 38.0 Å². The van der Waals surface area contributed by atoms with Gasteiger partial charge in [0.25, 0.3) is 0 Å². The molecule has 0 amide bonds. The summed E-state index contributed by atoms with van der Waals surface area (Å²) in [5.41, 5.74) is 1.83. The van der Waals surface area contributed by atoms with Crippen LogP contribution in [0.1, 0.15) is 80.2 Å². The minimum Gasteiger partial charge on any atom is -0.382 e. The normalized spacial score (nSPS) is 9.25. The van der Waals surface area contributed by atoms with Crippen LogP contribution in [0.2, 0.25) is 0 Å². The summed E-state index contributed by atoms with van der Waals surface area (Å²) < 4.78 is 0.528. The molecule has 0 bridgehead atoms. The van der Waals surface area contributed by atoms with Gasteiger partial charge in [0.15, 0.2) is 0 Å². The van der Waals surface area contributed by atoms with E-state index in [1.165, 1.54) is 6.42 Å². The van der Waals surface area contributed by atoms with Crippen molar-refractivity contribution in [2.24, 2.45) is 0 Å². The number of unbranched alkanes of at least 4 members (excludes halogenated alkanes) is 1. The van der Waals surface area contributed by atoms with Gasteiger partial charge in [0, 0.05) is 12.1 Å². The molecule has 4 heteroatoms. The van der Waals surface area contributed by atoms with Crippen LogP contribution in [0, 0.1) is 4.51 Å². The predicted octanol–water partition coefficient (Wildman–Crippen LogP) is 5.83. The molecule has 0 radical (unpaired) electrons. The molecule has 0 fully saturated rings. The van der Waals surface area contributed by atoms with E-state index in [0.29, 0.717) is 4.51 Å². The second-order valence-corrected chi connectivity index (χ2v) is 5.51. The number of nitrogens with one attached hydrogen (secondary N) is 1. The highest BCUT2D eigenvalue weighted by atomic mass is 32.1. The van der Waals surface area contributed by atoms with Crippen molar-refractivity contribution >= 4 is 17.9 Å². The van der Waals surface area contributed by atoms with Crippen LogP contribution < -0.4 is 10.7 Å². The van der Waals surface area contributed by atoms with E-state index in [9.17, 15) is 4.79 Å². The van der Waals surface area contributed by atoms with Crippen molar-refractivity contribution in [3.63, 3.8) is 0 Å². The van der Waals surface area contributed by atoms with Crippen LogP contribution in [0.25, 0.3) is 0 Å². The van der Waals surface area contributed by atoms with Gasteiger partial charge in [-0.25, -0.2) is 0 Å². The van der Waals surface area contributed by atoms with Gasteiger partial charge in [-0.15, -0.1) is 0 Å². The first kappa shape index (κ1) is 28.1. The summed E-state index contributed by atoms with van der Waals surface area (Å²) in [4.78, 5) is 13.8. The molecule has 3 nitrogen and oxygen atoms in total. The zero-order chi connectivity index (χ0) is 19.5. The van der Waals surface area contributed by atoms with Gasteiger partial charge in [0.2, 0.25) is 5.43 Å². The molecule has 1 N–H and O–H groups in total. The Morgan fingerprint density at radius 3 is 1.92 bits per heavy atom. The second-order valence-electron chi connectivity index (χ2n) is 5.10. The Morgan fingerprint density at radius 2 is 1.50 bits per heavy atom. The SMILES string of the molecule is CC.CC.CCC.CCc1c(NCCCCN(C)CC)c(=O)c1=S. The van der Waals surface area contributed by atoms with E-state index < -0.39 is 0 Å². The van der Waals surface area contributed by atoms with E-state index in [0.717, 1.165) is 50.1 Å². The topological polar surface area (TPSA) is 32.3 Å². The van der Waals surface area contributed by atoms with Crippen molar-refractivity contribution in [2.45, 2.75) is 81.1 Å². The summed E-state index contributed by atoms with van der Waals surface area (Å²) in [5, 5.41) is 3.22. The Morgan fingerprint density at radius 1 is 1.00 bits per heavy atom. The van der Waals surface area contributed by atoms with Crippen LogP contribution in [-0.2, 0) is 6.42 Å². The molecule has 0 aliphatic carbocycles. The fraction of sp³-hybridized carbons (Fsp3) is 0.800. The van der Waals surface area contributed by atoms with Gasteiger partial charge >= 0.3 is 0 Å². The summed E-state index contributed by atoms with van der Waals surface area (Å²) in [6.45, 7) is 19.5. The molecule has 1 aromatic rings. The minimum absolute atomic E-state index is 0.0301. The maximum atomic E-state index is 11.5. The quantitative estimate of drug-likeness (QED) is 0.468.